The number of hydrogen-bond acceptors (Lipinski definition) is 2. The summed E-state index contributed by atoms with van der Waals surface area (Å²) in [5.74, 6) is 0.202. The van der Waals surface area contributed by atoms with Crippen molar-refractivity contribution in [2.75, 3.05) is 0 Å². The predicted octanol–water partition coefficient (Wildman–Crippen LogP) is 3.81. The van der Waals surface area contributed by atoms with Crippen LogP contribution in [0.15, 0.2) is 54.9 Å². The van der Waals surface area contributed by atoms with Crippen LogP contribution in [0.3, 0.4) is 0 Å². The lowest BCUT2D eigenvalue weighted by Gasteiger charge is -2.10. The van der Waals surface area contributed by atoms with E-state index in [1.54, 1.807) is 41.2 Å². The first-order chi connectivity index (χ1) is 12.1. The molecule has 1 amide bonds. The fraction of sp³-hybridized carbons (Fsp3) is 0.200. The zero-order valence-corrected chi connectivity index (χ0v) is 14.3. The molecule has 0 spiro atoms. The number of amides is 1. The molecule has 2 aromatic carbocycles. The zero-order valence-electron chi connectivity index (χ0n) is 14.3. The molecule has 1 N–H and O–H groups in total. The highest BCUT2D eigenvalue weighted by molar-refractivity contribution is 5.94. The fourth-order valence-corrected chi connectivity index (χ4v) is 2.66. The third-order valence-electron chi connectivity index (χ3n) is 4.17. The molecule has 0 atom stereocenters. The summed E-state index contributed by atoms with van der Waals surface area (Å²) in [7, 11) is 0. The van der Waals surface area contributed by atoms with Gasteiger partial charge in [-0.15, -0.1) is 0 Å². The first kappa shape index (κ1) is 16.9. The van der Waals surface area contributed by atoms with Gasteiger partial charge in [0.1, 0.15) is 11.6 Å². The Bertz CT molecular complexity index is 884. The van der Waals surface area contributed by atoms with E-state index in [0.29, 0.717) is 16.8 Å². The van der Waals surface area contributed by atoms with Crippen molar-refractivity contribution in [3.05, 3.63) is 83.2 Å². The Morgan fingerprint density at radius 2 is 1.88 bits per heavy atom. The van der Waals surface area contributed by atoms with E-state index in [2.05, 4.69) is 17.2 Å². The van der Waals surface area contributed by atoms with Crippen LogP contribution in [-0.4, -0.2) is 15.5 Å². The summed E-state index contributed by atoms with van der Waals surface area (Å²) in [5.41, 5.74) is 2.94. The smallest absolute Gasteiger partial charge is 0.251 e. The minimum Gasteiger partial charge on any atom is -0.348 e. The highest BCUT2D eigenvalue weighted by Crippen LogP contribution is 2.17. The quantitative estimate of drug-likeness (QED) is 0.769. The molecule has 5 heteroatoms. The van der Waals surface area contributed by atoms with Crippen molar-refractivity contribution < 1.29 is 9.18 Å². The molecule has 0 unspecified atom stereocenters. The third kappa shape index (κ3) is 3.76. The normalized spacial score (nSPS) is 10.7. The SMILES string of the molecule is CCc1ccc(C(=O)NCc2ccc(-n3ccnc3C)c(F)c2)cc1. The molecule has 0 saturated heterocycles. The minimum absolute atomic E-state index is 0.169. The Morgan fingerprint density at radius 3 is 2.48 bits per heavy atom. The zero-order chi connectivity index (χ0) is 17.8. The summed E-state index contributed by atoms with van der Waals surface area (Å²) < 4.78 is 16.1. The average molecular weight is 337 g/mol. The number of carbonyl (C=O) groups is 1. The van der Waals surface area contributed by atoms with Gasteiger partial charge >= 0.3 is 0 Å². The summed E-state index contributed by atoms with van der Waals surface area (Å²) in [6, 6.07) is 12.4. The molecule has 0 radical (unpaired) electrons. The number of halogens is 1. The predicted molar refractivity (Wildman–Crippen MR) is 95.2 cm³/mol. The number of rotatable bonds is 5. The van der Waals surface area contributed by atoms with Crippen molar-refractivity contribution in [3.63, 3.8) is 0 Å². The minimum atomic E-state index is -0.347. The molecule has 1 aromatic heterocycles. The van der Waals surface area contributed by atoms with E-state index in [1.165, 1.54) is 11.6 Å². The summed E-state index contributed by atoms with van der Waals surface area (Å²) in [4.78, 5) is 16.3. The number of aryl methyl sites for hydroxylation is 2. The van der Waals surface area contributed by atoms with Gasteiger partial charge in [0, 0.05) is 24.5 Å². The van der Waals surface area contributed by atoms with Crippen molar-refractivity contribution >= 4 is 5.91 Å². The maximum atomic E-state index is 14.4. The highest BCUT2D eigenvalue weighted by atomic mass is 19.1. The molecule has 0 aliphatic rings. The number of nitrogens with one attached hydrogen (secondary N) is 1. The Kier molecular flexibility index (Phi) is 4.93. The number of imidazole rings is 1. The van der Waals surface area contributed by atoms with E-state index >= 15 is 0 Å². The van der Waals surface area contributed by atoms with Crippen LogP contribution < -0.4 is 5.32 Å². The van der Waals surface area contributed by atoms with E-state index in [4.69, 9.17) is 0 Å². The summed E-state index contributed by atoms with van der Waals surface area (Å²) >= 11 is 0. The number of carbonyl (C=O) groups excluding carboxylic acids is 1. The summed E-state index contributed by atoms with van der Waals surface area (Å²) in [5, 5.41) is 2.82. The van der Waals surface area contributed by atoms with Gasteiger partial charge in [-0.2, -0.15) is 0 Å². The van der Waals surface area contributed by atoms with Crippen molar-refractivity contribution in [2.45, 2.75) is 26.8 Å². The standard InChI is InChI=1S/C20H20FN3O/c1-3-15-4-7-17(8-5-15)20(25)23-13-16-6-9-19(18(21)12-16)24-11-10-22-14(24)2/h4-12H,3,13H2,1-2H3,(H,23,25). The molecule has 0 bridgehead atoms. The molecule has 3 aromatic rings. The van der Waals surface area contributed by atoms with Crippen LogP contribution >= 0.6 is 0 Å². The summed E-state index contributed by atoms with van der Waals surface area (Å²) in [6.07, 6.45) is 4.28. The van der Waals surface area contributed by atoms with Crippen LogP contribution in [0.5, 0.6) is 0 Å². The average Bonchev–Trinajstić information content (AvgIpc) is 3.05. The van der Waals surface area contributed by atoms with Crippen LogP contribution in [0.2, 0.25) is 0 Å². The Morgan fingerprint density at radius 1 is 1.16 bits per heavy atom. The lowest BCUT2D eigenvalue weighted by molar-refractivity contribution is 0.0951. The van der Waals surface area contributed by atoms with Gasteiger partial charge in [0.05, 0.1) is 5.69 Å². The van der Waals surface area contributed by atoms with Crippen LogP contribution in [-0.2, 0) is 13.0 Å². The number of benzene rings is 2. The lowest BCUT2D eigenvalue weighted by Crippen LogP contribution is -2.22. The third-order valence-corrected chi connectivity index (χ3v) is 4.17. The number of aromatic nitrogens is 2. The van der Waals surface area contributed by atoms with Gasteiger partial charge in [0.15, 0.2) is 0 Å². The van der Waals surface area contributed by atoms with Crippen molar-refractivity contribution in [2.24, 2.45) is 0 Å². The second kappa shape index (κ2) is 7.30. The molecule has 128 valence electrons. The van der Waals surface area contributed by atoms with Gasteiger partial charge in [-0.25, -0.2) is 9.37 Å². The largest absolute Gasteiger partial charge is 0.348 e. The molecule has 25 heavy (non-hydrogen) atoms. The molecule has 0 saturated carbocycles. The molecular weight excluding hydrogens is 317 g/mol. The van der Waals surface area contributed by atoms with Crippen LogP contribution in [0.4, 0.5) is 4.39 Å². The van der Waals surface area contributed by atoms with E-state index in [9.17, 15) is 9.18 Å². The van der Waals surface area contributed by atoms with Gasteiger partial charge in [-0.3, -0.25) is 4.79 Å². The maximum absolute atomic E-state index is 14.4. The lowest BCUT2D eigenvalue weighted by atomic mass is 10.1. The van der Waals surface area contributed by atoms with Gasteiger partial charge in [-0.1, -0.05) is 25.1 Å². The van der Waals surface area contributed by atoms with E-state index < -0.39 is 0 Å². The Labute approximate surface area is 146 Å². The maximum Gasteiger partial charge on any atom is 0.251 e. The second-order valence-corrected chi connectivity index (χ2v) is 5.86. The fourth-order valence-electron chi connectivity index (χ4n) is 2.66. The molecule has 0 aliphatic heterocycles. The molecular formula is C20H20FN3O. The highest BCUT2D eigenvalue weighted by Gasteiger charge is 2.09. The monoisotopic (exact) mass is 337 g/mol. The second-order valence-electron chi connectivity index (χ2n) is 5.86. The van der Waals surface area contributed by atoms with Gasteiger partial charge in [-0.05, 0) is 48.7 Å². The van der Waals surface area contributed by atoms with Crippen LogP contribution in [0.1, 0.15) is 34.2 Å². The first-order valence-corrected chi connectivity index (χ1v) is 8.24. The van der Waals surface area contributed by atoms with Crippen LogP contribution in [0.25, 0.3) is 5.69 Å². The van der Waals surface area contributed by atoms with Crippen molar-refractivity contribution in [3.8, 4) is 5.69 Å². The van der Waals surface area contributed by atoms with Crippen LogP contribution in [0, 0.1) is 12.7 Å². The van der Waals surface area contributed by atoms with Gasteiger partial charge in [0.2, 0.25) is 0 Å². The topological polar surface area (TPSA) is 46.9 Å². The van der Waals surface area contributed by atoms with Crippen molar-refractivity contribution in [1.29, 1.82) is 0 Å². The first-order valence-electron chi connectivity index (χ1n) is 8.24. The Balaban J connectivity index is 1.68. The van der Waals surface area contributed by atoms with Gasteiger partial charge < -0.3 is 9.88 Å². The molecule has 4 nitrogen and oxygen atoms in total. The molecule has 1 heterocycles. The Hall–Kier alpha value is -2.95. The summed E-state index contributed by atoms with van der Waals surface area (Å²) in [6.45, 7) is 4.16. The van der Waals surface area contributed by atoms with E-state index in [-0.39, 0.29) is 18.3 Å². The number of hydrogen-bond donors (Lipinski definition) is 1. The van der Waals surface area contributed by atoms with E-state index in [0.717, 1.165) is 12.2 Å². The number of nitrogens with zero attached hydrogens (tertiary/aromatic N) is 2. The molecule has 0 fully saturated rings. The molecule has 0 aliphatic carbocycles. The van der Waals surface area contributed by atoms with Crippen molar-refractivity contribution in [1.82, 2.24) is 14.9 Å². The van der Waals surface area contributed by atoms with E-state index in [1.807, 2.05) is 19.1 Å². The van der Waals surface area contributed by atoms with Gasteiger partial charge in [0.25, 0.3) is 5.91 Å². The molecule has 3 rings (SSSR count).